The number of methoxy groups -OCH3 is 1. The molecule has 9 nitrogen and oxygen atoms in total. The Morgan fingerprint density at radius 2 is 1.59 bits per heavy atom. The second kappa shape index (κ2) is 12.5. The number of aromatic nitrogens is 3. The van der Waals surface area contributed by atoms with Gasteiger partial charge in [-0.1, -0.05) is 24.3 Å². The van der Waals surface area contributed by atoms with Crippen LogP contribution in [0.25, 0.3) is 10.9 Å². The lowest BCUT2D eigenvalue weighted by molar-refractivity contribution is -0.193. The summed E-state index contributed by atoms with van der Waals surface area (Å²) in [6.45, 7) is 3.35. The summed E-state index contributed by atoms with van der Waals surface area (Å²) in [6.07, 6.45) is -8.30. The van der Waals surface area contributed by atoms with Gasteiger partial charge >= 0.3 is 24.3 Å². The third kappa shape index (κ3) is 9.02. The third-order valence-corrected chi connectivity index (χ3v) is 4.84. The number of hydrogen-bond acceptors (Lipinski definition) is 6. The number of hydrogen-bond donors (Lipinski definition) is 2. The second-order valence-electron chi connectivity index (χ2n) is 7.65. The minimum atomic E-state index is -5.08. The number of aliphatic carboxylic acids is 2. The van der Waals surface area contributed by atoms with E-state index in [1.807, 2.05) is 18.3 Å². The van der Waals surface area contributed by atoms with Crippen LogP contribution in [0.5, 0.6) is 0 Å². The van der Waals surface area contributed by atoms with Gasteiger partial charge in [-0.2, -0.15) is 31.4 Å². The molecule has 0 saturated heterocycles. The summed E-state index contributed by atoms with van der Waals surface area (Å²) in [5.74, 6) is -5.51. The van der Waals surface area contributed by atoms with Gasteiger partial charge in [0.1, 0.15) is 0 Å². The Hall–Kier alpha value is -3.72. The molecule has 1 aliphatic heterocycles. The van der Waals surface area contributed by atoms with E-state index in [2.05, 4.69) is 45.0 Å². The van der Waals surface area contributed by atoms with Gasteiger partial charge in [0, 0.05) is 38.3 Å². The molecule has 0 amide bonds. The SMILES string of the molecule is COCC1CN(Cc2ccc3ccccc3n2)Cc2ccnn21.O=C(O)C(F)(F)F.O=C(O)C(F)(F)F. The van der Waals surface area contributed by atoms with E-state index in [0.717, 1.165) is 30.8 Å². The van der Waals surface area contributed by atoms with Crippen LogP contribution in [-0.2, 0) is 27.4 Å². The van der Waals surface area contributed by atoms with E-state index >= 15 is 0 Å². The van der Waals surface area contributed by atoms with Gasteiger partial charge in [-0.3, -0.25) is 14.6 Å². The van der Waals surface area contributed by atoms with Crippen LogP contribution in [0, 0.1) is 0 Å². The van der Waals surface area contributed by atoms with E-state index in [-0.39, 0.29) is 6.04 Å². The first-order chi connectivity index (χ1) is 17.2. The summed E-state index contributed by atoms with van der Waals surface area (Å²) >= 11 is 0. The number of carboxylic acid groups (broad SMARTS) is 2. The quantitative estimate of drug-likeness (QED) is 0.483. The highest BCUT2D eigenvalue weighted by molar-refractivity contribution is 5.78. The fraction of sp³-hybridized carbons (Fsp3) is 0.364. The largest absolute Gasteiger partial charge is 0.490 e. The summed E-state index contributed by atoms with van der Waals surface area (Å²) < 4.78 is 70.9. The fourth-order valence-electron chi connectivity index (χ4n) is 3.33. The van der Waals surface area contributed by atoms with Crippen LogP contribution in [0.4, 0.5) is 26.3 Å². The van der Waals surface area contributed by atoms with Gasteiger partial charge in [0.25, 0.3) is 0 Å². The van der Waals surface area contributed by atoms with Crippen LogP contribution in [0.15, 0.2) is 48.7 Å². The third-order valence-electron chi connectivity index (χ3n) is 4.84. The number of fused-ring (bicyclic) bond motifs is 2. The lowest BCUT2D eigenvalue weighted by Crippen LogP contribution is -2.39. The zero-order valence-electron chi connectivity index (χ0n) is 19.2. The van der Waals surface area contributed by atoms with E-state index < -0.39 is 24.3 Å². The molecule has 1 aliphatic rings. The smallest absolute Gasteiger partial charge is 0.475 e. The van der Waals surface area contributed by atoms with Crippen molar-refractivity contribution in [1.82, 2.24) is 19.7 Å². The number of alkyl halides is 6. The topological polar surface area (TPSA) is 118 Å². The molecule has 37 heavy (non-hydrogen) atoms. The molecule has 2 N–H and O–H groups in total. The number of carbonyl (C=O) groups is 2. The average molecular weight is 536 g/mol. The number of nitrogens with zero attached hydrogens (tertiary/aromatic N) is 4. The fourth-order valence-corrected chi connectivity index (χ4v) is 3.33. The summed E-state index contributed by atoms with van der Waals surface area (Å²) in [5, 5.41) is 19.9. The van der Waals surface area contributed by atoms with Crippen LogP contribution in [0.2, 0.25) is 0 Å². The van der Waals surface area contributed by atoms with Crippen molar-refractivity contribution in [2.45, 2.75) is 31.5 Å². The lowest BCUT2D eigenvalue weighted by Gasteiger charge is -2.33. The van der Waals surface area contributed by atoms with Crippen LogP contribution in [0.1, 0.15) is 17.4 Å². The number of benzene rings is 1. The number of halogens is 6. The van der Waals surface area contributed by atoms with Crippen molar-refractivity contribution in [2.75, 3.05) is 20.3 Å². The normalized spacial score (nSPS) is 15.6. The van der Waals surface area contributed by atoms with Crippen LogP contribution in [-0.4, -0.2) is 74.4 Å². The molecule has 0 radical (unpaired) electrons. The first kappa shape index (κ1) is 29.5. The van der Waals surface area contributed by atoms with Gasteiger partial charge in [0.2, 0.25) is 0 Å². The predicted octanol–water partition coefficient (Wildman–Crippen LogP) is 3.90. The van der Waals surface area contributed by atoms with E-state index in [1.165, 1.54) is 11.1 Å². The van der Waals surface area contributed by atoms with Crippen molar-refractivity contribution < 1.29 is 50.9 Å². The Morgan fingerprint density at radius 3 is 2.16 bits per heavy atom. The first-order valence-electron chi connectivity index (χ1n) is 10.4. The van der Waals surface area contributed by atoms with Gasteiger partial charge in [0.15, 0.2) is 0 Å². The zero-order valence-corrected chi connectivity index (χ0v) is 19.2. The number of carboxylic acids is 2. The summed E-state index contributed by atoms with van der Waals surface area (Å²) in [4.78, 5) is 25.0. The molecule has 4 rings (SSSR count). The lowest BCUT2D eigenvalue weighted by atomic mass is 10.1. The number of ether oxygens (including phenoxy) is 1. The van der Waals surface area contributed by atoms with Gasteiger partial charge in [0.05, 0.1) is 29.6 Å². The molecule has 1 aromatic carbocycles. The Bertz CT molecular complexity index is 1170. The first-order valence-corrected chi connectivity index (χ1v) is 10.4. The maximum absolute atomic E-state index is 10.6. The molecule has 1 unspecified atom stereocenters. The van der Waals surface area contributed by atoms with Crippen molar-refractivity contribution >= 4 is 22.8 Å². The molecule has 0 bridgehead atoms. The Morgan fingerprint density at radius 1 is 1.00 bits per heavy atom. The van der Waals surface area contributed by atoms with Crippen LogP contribution >= 0.6 is 0 Å². The van der Waals surface area contributed by atoms with Crippen LogP contribution in [0.3, 0.4) is 0 Å². The minimum absolute atomic E-state index is 0.263. The molecule has 0 fully saturated rings. The highest BCUT2D eigenvalue weighted by Crippen LogP contribution is 2.22. The molecule has 1 atom stereocenters. The molecule has 3 aromatic rings. The van der Waals surface area contributed by atoms with Crippen LogP contribution < -0.4 is 0 Å². The molecule has 0 spiro atoms. The number of pyridine rings is 1. The van der Waals surface area contributed by atoms with E-state index in [9.17, 15) is 26.3 Å². The minimum Gasteiger partial charge on any atom is -0.475 e. The van der Waals surface area contributed by atoms with E-state index in [4.69, 9.17) is 29.5 Å². The van der Waals surface area contributed by atoms with Gasteiger partial charge in [-0.15, -0.1) is 0 Å². The standard InChI is InChI=1S/C18H20N4O.2C2HF3O2/c1-23-13-17-12-21(11-16-8-9-19-22(16)17)10-15-7-6-14-4-2-3-5-18(14)20-15;2*3-2(4,5)1(6)7/h2-9,17H,10-13H2,1H3;2*(H,6,7). The molecular formula is C22H22F6N4O5. The van der Waals surface area contributed by atoms with Gasteiger partial charge < -0.3 is 14.9 Å². The van der Waals surface area contributed by atoms with Crippen molar-refractivity contribution in [2.24, 2.45) is 0 Å². The van der Waals surface area contributed by atoms with Gasteiger partial charge in [-0.25, -0.2) is 9.59 Å². The summed E-state index contributed by atoms with van der Waals surface area (Å²) in [5.41, 5.74) is 3.40. The Balaban J connectivity index is 0.000000286. The zero-order chi connectivity index (χ0) is 27.8. The summed E-state index contributed by atoms with van der Waals surface area (Å²) in [7, 11) is 1.74. The molecule has 3 heterocycles. The van der Waals surface area contributed by atoms with Crippen molar-refractivity contribution in [3.63, 3.8) is 0 Å². The second-order valence-corrected chi connectivity index (χ2v) is 7.65. The van der Waals surface area contributed by atoms with Gasteiger partial charge in [-0.05, 0) is 18.2 Å². The number of para-hydroxylation sites is 1. The Kier molecular flexibility index (Phi) is 9.96. The monoisotopic (exact) mass is 536 g/mol. The molecule has 0 aliphatic carbocycles. The maximum Gasteiger partial charge on any atom is 0.490 e. The van der Waals surface area contributed by atoms with Crippen molar-refractivity contribution in [3.8, 4) is 0 Å². The van der Waals surface area contributed by atoms with Crippen molar-refractivity contribution in [1.29, 1.82) is 0 Å². The summed E-state index contributed by atoms with van der Waals surface area (Å²) in [6, 6.07) is 14.9. The predicted molar refractivity (Wildman–Crippen MR) is 116 cm³/mol. The molecule has 0 saturated carbocycles. The molecule has 202 valence electrons. The highest BCUT2D eigenvalue weighted by Gasteiger charge is 2.38. The molecule has 2 aromatic heterocycles. The van der Waals surface area contributed by atoms with E-state index in [0.29, 0.717) is 6.61 Å². The maximum atomic E-state index is 10.6. The van der Waals surface area contributed by atoms with E-state index in [1.54, 1.807) is 7.11 Å². The van der Waals surface area contributed by atoms with Crippen molar-refractivity contribution in [3.05, 3.63) is 60.0 Å². The molecule has 15 heteroatoms. The Labute approximate surface area is 205 Å². The highest BCUT2D eigenvalue weighted by atomic mass is 19.4. The number of rotatable bonds is 4. The molecular weight excluding hydrogens is 514 g/mol. The average Bonchev–Trinajstić information content (AvgIpc) is 3.28.